The Labute approximate surface area is 311 Å². The van der Waals surface area contributed by atoms with Crippen molar-refractivity contribution in [2.45, 2.75) is 31.1 Å². The summed E-state index contributed by atoms with van der Waals surface area (Å²) in [5.41, 5.74) is 5.30. The molecule has 2 aliphatic heterocycles. The SMILES string of the molecule is Cc1ccc(NN2C(=O)[C@@H]3C[C@@H]4C(=CC[C@@H]5C(=O)N(c6cccc(B(O)O)c6)C(=O)[C@@H]54)[C@H](c4c(O)ccc5ccccc45)[C@]3(c3ccccc3)C2=O)cc1. The number of fused-ring (bicyclic) bond motifs is 5. The van der Waals surface area contributed by atoms with Gasteiger partial charge in [-0.25, -0.2) is 0 Å². The quantitative estimate of drug-likeness (QED) is 0.112. The molecule has 2 heterocycles. The van der Waals surface area contributed by atoms with E-state index in [0.717, 1.165) is 26.4 Å². The molecule has 5 aromatic carbocycles. The lowest BCUT2D eigenvalue weighted by Crippen LogP contribution is -2.53. The molecule has 9 rings (SSSR count). The van der Waals surface area contributed by atoms with Gasteiger partial charge in [-0.3, -0.25) is 29.5 Å². The molecule has 0 bridgehead atoms. The number of phenolic OH excluding ortho intramolecular Hbond substituents is 1. The zero-order valence-electron chi connectivity index (χ0n) is 29.3. The third-order valence-corrected chi connectivity index (χ3v) is 12.1. The van der Waals surface area contributed by atoms with E-state index in [1.807, 2.05) is 85.8 Å². The number of aryl methyl sites for hydroxylation is 1. The number of benzene rings is 5. The summed E-state index contributed by atoms with van der Waals surface area (Å²) in [5, 5.41) is 34.3. The molecule has 0 aromatic heterocycles. The Morgan fingerprint density at radius 2 is 1.52 bits per heavy atom. The summed E-state index contributed by atoms with van der Waals surface area (Å²) in [6.45, 7) is 1.95. The fourth-order valence-corrected chi connectivity index (χ4v) is 9.73. The molecular weight excluding hydrogens is 681 g/mol. The predicted octanol–water partition coefficient (Wildman–Crippen LogP) is 4.72. The smallest absolute Gasteiger partial charge is 0.488 e. The summed E-state index contributed by atoms with van der Waals surface area (Å²) in [6.07, 6.45) is 2.25. The molecule has 10 nitrogen and oxygen atoms in total. The summed E-state index contributed by atoms with van der Waals surface area (Å²) in [7, 11) is -1.80. The molecular formula is C43H36BN3O7. The van der Waals surface area contributed by atoms with Crippen molar-refractivity contribution in [3.8, 4) is 5.75 Å². The summed E-state index contributed by atoms with van der Waals surface area (Å²) in [6, 6.07) is 33.7. The van der Waals surface area contributed by atoms with Crippen molar-refractivity contribution >= 4 is 58.4 Å². The van der Waals surface area contributed by atoms with Gasteiger partial charge < -0.3 is 15.2 Å². The predicted molar refractivity (Wildman–Crippen MR) is 203 cm³/mol. The molecule has 3 fully saturated rings. The zero-order valence-corrected chi connectivity index (χ0v) is 29.3. The Balaban J connectivity index is 1.27. The molecule has 54 heavy (non-hydrogen) atoms. The molecule has 268 valence electrons. The van der Waals surface area contributed by atoms with Crippen LogP contribution in [0.5, 0.6) is 5.75 Å². The fourth-order valence-electron chi connectivity index (χ4n) is 9.73. The van der Waals surface area contributed by atoms with Crippen LogP contribution in [0.25, 0.3) is 10.8 Å². The van der Waals surface area contributed by atoms with Crippen LogP contribution in [0.2, 0.25) is 0 Å². The van der Waals surface area contributed by atoms with Gasteiger partial charge in [-0.1, -0.05) is 102 Å². The minimum absolute atomic E-state index is 0.0450. The third kappa shape index (κ3) is 4.81. The minimum Gasteiger partial charge on any atom is -0.508 e. The summed E-state index contributed by atoms with van der Waals surface area (Å²) >= 11 is 0. The van der Waals surface area contributed by atoms with Crippen LogP contribution in [0.4, 0.5) is 11.4 Å². The number of amides is 4. The van der Waals surface area contributed by atoms with Crippen LogP contribution in [0.1, 0.15) is 35.4 Å². The fraction of sp³-hybridized carbons (Fsp3) is 0.209. The van der Waals surface area contributed by atoms with Crippen molar-refractivity contribution < 1.29 is 34.3 Å². The van der Waals surface area contributed by atoms with E-state index < -0.39 is 65.8 Å². The summed E-state index contributed by atoms with van der Waals surface area (Å²) in [4.78, 5) is 60.4. The number of phenols is 1. The second-order valence-corrected chi connectivity index (χ2v) is 14.8. The van der Waals surface area contributed by atoms with Crippen molar-refractivity contribution in [2.24, 2.45) is 23.7 Å². The number of anilines is 2. The zero-order chi connectivity index (χ0) is 37.5. The maximum Gasteiger partial charge on any atom is 0.488 e. The van der Waals surface area contributed by atoms with Crippen molar-refractivity contribution in [1.29, 1.82) is 0 Å². The maximum absolute atomic E-state index is 15.5. The number of imide groups is 2. The van der Waals surface area contributed by atoms with E-state index in [-0.39, 0.29) is 29.7 Å². The van der Waals surface area contributed by atoms with Gasteiger partial charge in [0.2, 0.25) is 11.8 Å². The van der Waals surface area contributed by atoms with Gasteiger partial charge in [0.25, 0.3) is 11.8 Å². The van der Waals surface area contributed by atoms with E-state index in [9.17, 15) is 29.5 Å². The van der Waals surface area contributed by atoms with Gasteiger partial charge in [0, 0.05) is 11.5 Å². The van der Waals surface area contributed by atoms with Gasteiger partial charge in [-0.2, -0.15) is 5.01 Å². The first-order valence-electron chi connectivity index (χ1n) is 18.1. The number of allylic oxidation sites excluding steroid dienone is 2. The molecule has 5 aromatic rings. The van der Waals surface area contributed by atoms with Crippen LogP contribution in [0.3, 0.4) is 0 Å². The highest BCUT2D eigenvalue weighted by Crippen LogP contribution is 2.65. The van der Waals surface area contributed by atoms with Gasteiger partial charge in [0.05, 0.1) is 34.5 Å². The van der Waals surface area contributed by atoms with Crippen molar-refractivity contribution in [1.82, 2.24) is 5.01 Å². The Morgan fingerprint density at radius 3 is 2.28 bits per heavy atom. The number of hydrogen-bond donors (Lipinski definition) is 4. The number of nitrogens with zero attached hydrogens (tertiary/aromatic N) is 2. The molecule has 0 spiro atoms. The standard InChI is InChI=1S/C43H36BN3O7/c1-24-14-17-28(18-15-24)45-47-40(50)34-23-33-31(19-20-32-36(33)41(51)46(39(32)49)29-12-7-11-27(22-29)44(53)54)38(43(34,42(47)52)26-9-3-2-4-10-26)37-30-13-6-5-8-25(30)16-21-35(37)48/h2-19,21-22,32-34,36,38,45,48,53-54H,20,23H2,1H3/t32-,33+,34-,36-,38+,43+/m0/s1. The molecule has 11 heteroatoms. The number of carbonyl (C=O) groups excluding carboxylic acids is 4. The van der Waals surface area contributed by atoms with Crippen molar-refractivity contribution in [3.05, 3.63) is 144 Å². The van der Waals surface area contributed by atoms with E-state index in [0.29, 0.717) is 22.2 Å². The van der Waals surface area contributed by atoms with Crippen LogP contribution < -0.4 is 15.8 Å². The van der Waals surface area contributed by atoms with Gasteiger partial charge in [-0.05, 0) is 77.8 Å². The second-order valence-electron chi connectivity index (χ2n) is 14.8. The maximum atomic E-state index is 15.5. The Morgan fingerprint density at radius 1 is 0.778 bits per heavy atom. The topological polar surface area (TPSA) is 147 Å². The molecule has 6 atom stereocenters. The lowest BCUT2D eigenvalue weighted by Gasteiger charge is -2.51. The molecule has 4 N–H and O–H groups in total. The molecule has 1 saturated carbocycles. The number of carbonyl (C=O) groups is 4. The van der Waals surface area contributed by atoms with Gasteiger partial charge in [0.15, 0.2) is 0 Å². The van der Waals surface area contributed by atoms with Crippen LogP contribution >= 0.6 is 0 Å². The van der Waals surface area contributed by atoms with Crippen molar-refractivity contribution in [3.63, 3.8) is 0 Å². The van der Waals surface area contributed by atoms with E-state index in [1.54, 1.807) is 30.3 Å². The number of hydrazine groups is 1. The van der Waals surface area contributed by atoms with Gasteiger partial charge in [0.1, 0.15) is 5.75 Å². The Hall–Kier alpha value is -6.04. The lowest BCUT2D eigenvalue weighted by atomic mass is 9.48. The number of rotatable bonds is 6. The molecule has 4 aliphatic rings. The average Bonchev–Trinajstić information content (AvgIpc) is 3.57. The van der Waals surface area contributed by atoms with Crippen LogP contribution in [-0.4, -0.2) is 50.9 Å². The van der Waals surface area contributed by atoms with Crippen molar-refractivity contribution in [2.75, 3.05) is 10.3 Å². The monoisotopic (exact) mass is 717 g/mol. The number of aromatic hydroxyl groups is 1. The number of nitrogens with one attached hydrogen (secondary N) is 1. The third-order valence-electron chi connectivity index (χ3n) is 12.1. The van der Waals surface area contributed by atoms with E-state index in [4.69, 9.17) is 0 Å². The lowest BCUT2D eigenvalue weighted by molar-refractivity contribution is -0.138. The van der Waals surface area contributed by atoms with Crippen LogP contribution in [-0.2, 0) is 24.6 Å². The van der Waals surface area contributed by atoms with Gasteiger partial charge in [-0.15, -0.1) is 0 Å². The highest BCUT2D eigenvalue weighted by molar-refractivity contribution is 6.58. The summed E-state index contributed by atoms with van der Waals surface area (Å²) in [5.74, 6) is -5.98. The highest BCUT2D eigenvalue weighted by Gasteiger charge is 2.70. The molecule has 2 saturated heterocycles. The summed E-state index contributed by atoms with van der Waals surface area (Å²) < 4.78 is 0. The largest absolute Gasteiger partial charge is 0.508 e. The normalized spacial score (nSPS) is 26.1. The molecule has 0 radical (unpaired) electrons. The molecule has 2 aliphatic carbocycles. The Kier molecular flexibility index (Phi) is 7.84. The van der Waals surface area contributed by atoms with E-state index in [1.165, 1.54) is 12.1 Å². The number of hydrogen-bond acceptors (Lipinski definition) is 8. The average molecular weight is 718 g/mol. The Bertz CT molecular complexity index is 2420. The van der Waals surface area contributed by atoms with E-state index in [2.05, 4.69) is 5.43 Å². The first-order chi connectivity index (χ1) is 26.1. The second kappa shape index (κ2) is 12.5. The van der Waals surface area contributed by atoms with Crippen LogP contribution in [0.15, 0.2) is 127 Å². The van der Waals surface area contributed by atoms with Gasteiger partial charge >= 0.3 is 7.12 Å². The minimum atomic E-state index is -1.80. The molecule has 0 unspecified atom stereocenters. The van der Waals surface area contributed by atoms with Crippen LogP contribution in [0, 0.1) is 30.6 Å². The van der Waals surface area contributed by atoms with E-state index >= 15 is 4.79 Å². The molecule has 4 amide bonds. The first kappa shape index (κ1) is 33.8. The first-order valence-corrected chi connectivity index (χ1v) is 18.1. The highest BCUT2D eigenvalue weighted by atomic mass is 16.4.